The predicted octanol–water partition coefficient (Wildman–Crippen LogP) is 3.17. The fraction of sp³-hybridized carbons (Fsp3) is 0.471. The van der Waals surface area contributed by atoms with Crippen molar-refractivity contribution in [2.24, 2.45) is 10.3 Å². The van der Waals surface area contributed by atoms with Crippen molar-refractivity contribution in [2.45, 2.75) is 32.5 Å². The Balaban J connectivity index is 2.31. The topological polar surface area (TPSA) is 75.8 Å². The van der Waals surface area contributed by atoms with Crippen molar-refractivity contribution < 1.29 is 0 Å². The first-order valence-electron chi connectivity index (χ1n) is 7.78. The minimum atomic E-state index is -0.0235. The molecule has 6 nitrogen and oxygen atoms in total. The maximum absolute atomic E-state index is 8.79. The normalized spacial score (nSPS) is 13.3. The van der Waals surface area contributed by atoms with Crippen molar-refractivity contribution in [1.82, 2.24) is 10.3 Å². The monoisotopic (exact) mass is 314 g/mol. The molecule has 0 saturated heterocycles. The van der Waals surface area contributed by atoms with Crippen molar-refractivity contribution in [3.05, 3.63) is 42.5 Å². The molecular formula is C17H26N6. The molecule has 0 aliphatic rings. The van der Waals surface area contributed by atoms with Crippen LogP contribution in [-0.2, 0) is 0 Å². The molecule has 6 heteroatoms. The highest BCUT2D eigenvalue weighted by atomic mass is 15.5. The van der Waals surface area contributed by atoms with E-state index in [0.717, 1.165) is 25.2 Å². The Labute approximate surface area is 138 Å². The molecule has 0 bridgehead atoms. The van der Waals surface area contributed by atoms with Crippen LogP contribution in [0.2, 0.25) is 0 Å². The standard InChI is InChI=1S/C17H26N6/c1-5-11-19-15(3)21-22-23(4)12-10-14(2)20-17-8-6-16(13-18)7-9-17/h5-9,14-15,19-20H,1,10-12H2,2-4H3. The van der Waals surface area contributed by atoms with Gasteiger partial charge in [0, 0.05) is 31.9 Å². The fourth-order valence-electron chi connectivity index (χ4n) is 1.88. The highest BCUT2D eigenvalue weighted by molar-refractivity contribution is 5.47. The van der Waals surface area contributed by atoms with E-state index in [0.29, 0.717) is 11.6 Å². The van der Waals surface area contributed by atoms with Gasteiger partial charge in [0.2, 0.25) is 0 Å². The molecule has 1 aromatic carbocycles. The Morgan fingerprint density at radius 2 is 2.04 bits per heavy atom. The molecule has 2 unspecified atom stereocenters. The van der Waals surface area contributed by atoms with Crippen LogP contribution in [0.25, 0.3) is 0 Å². The van der Waals surface area contributed by atoms with E-state index in [1.54, 1.807) is 6.08 Å². The second-order valence-electron chi connectivity index (χ2n) is 5.48. The molecule has 23 heavy (non-hydrogen) atoms. The van der Waals surface area contributed by atoms with Crippen molar-refractivity contribution in [3.8, 4) is 6.07 Å². The summed E-state index contributed by atoms with van der Waals surface area (Å²) in [4.78, 5) is 0. The average Bonchev–Trinajstić information content (AvgIpc) is 2.57. The summed E-state index contributed by atoms with van der Waals surface area (Å²) in [5.41, 5.74) is 1.69. The Kier molecular flexibility index (Phi) is 8.40. The first-order valence-corrected chi connectivity index (χ1v) is 7.78. The van der Waals surface area contributed by atoms with Crippen LogP contribution in [0.1, 0.15) is 25.8 Å². The van der Waals surface area contributed by atoms with Crippen molar-refractivity contribution in [3.63, 3.8) is 0 Å². The number of rotatable bonds is 10. The molecular weight excluding hydrogens is 288 g/mol. The number of hydrogen-bond acceptors (Lipinski definition) is 5. The summed E-state index contributed by atoms with van der Waals surface area (Å²) in [5.74, 6) is 0. The van der Waals surface area contributed by atoms with Gasteiger partial charge in [-0.25, -0.2) is 0 Å². The van der Waals surface area contributed by atoms with E-state index >= 15 is 0 Å². The summed E-state index contributed by atoms with van der Waals surface area (Å²) in [5, 5.41) is 25.5. The molecule has 0 aliphatic heterocycles. The van der Waals surface area contributed by atoms with Crippen molar-refractivity contribution in [1.29, 1.82) is 5.26 Å². The zero-order valence-corrected chi connectivity index (χ0v) is 14.2. The molecule has 0 heterocycles. The lowest BCUT2D eigenvalue weighted by atomic mass is 10.2. The van der Waals surface area contributed by atoms with Gasteiger partial charge in [0.15, 0.2) is 0 Å². The second kappa shape index (κ2) is 10.4. The molecule has 2 atom stereocenters. The number of benzene rings is 1. The first kappa shape index (κ1) is 18.7. The number of hydrogen-bond donors (Lipinski definition) is 2. The maximum atomic E-state index is 8.79. The number of nitrogens with zero attached hydrogens (tertiary/aromatic N) is 4. The van der Waals surface area contributed by atoms with E-state index in [1.165, 1.54) is 0 Å². The molecule has 1 aromatic rings. The van der Waals surface area contributed by atoms with Gasteiger partial charge in [0.05, 0.1) is 11.6 Å². The molecule has 0 aromatic heterocycles. The summed E-state index contributed by atoms with van der Waals surface area (Å²) in [6.07, 6.45) is 2.71. The van der Waals surface area contributed by atoms with Gasteiger partial charge < -0.3 is 5.32 Å². The van der Waals surface area contributed by atoms with Gasteiger partial charge in [0.1, 0.15) is 6.17 Å². The largest absolute Gasteiger partial charge is 0.383 e. The fourth-order valence-corrected chi connectivity index (χ4v) is 1.88. The van der Waals surface area contributed by atoms with Crippen LogP contribution in [0, 0.1) is 11.3 Å². The minimum absolute atomic E-state index is 0.0235. The number of anilines is 1. The summed E-state index contributed by atoms with van der Waals surface area (Å²) in [6.45, 7) is 9.25. The van der Waals surface area contributed by atoms with Gasteiger partial charge >= 0.3 is 0 Å². The van der Waals surface area contributed by atoms with Crippen molar-refractivity contribution in [2.75, 3.05) is 25.5 Å². The molecule has 1 rings (SSSR count). The Morgan fingerprint density at radius 1 is 1.35 bits per heavy atom. The smallest absolute Gasteiger partial charge is 0.120 e. The summed E-state index contributed by atoms with van der Waals surface area (Å²) >= 11 is 0. The zero-order chi connectivity index (χ0) is 17.1. The molecule has 0 spiro atoms. The molecule has 0 amide bonds. The van der Waals surface area contributed by atoms with Crippen LogP contribution in [0.15, 0.2) is 47.3 Å². The van der Waals surface area contributed by atoms with Gasteiger partial charge in [0.25, 0.3) is 0 Å². The van der Waals surface area contributed by atoms with Crippen LogP contribution >= 0.6 is 0 Å². The van der Waals surface area contributed by atoms with Gasteiger partial charge in [-0.15, -0.1) is 6.58 Å². The predicted molar refractivity (Wildman–Crippen MR) is 94.0 cm³/mol. The van der Waals surface area contributed by atoms with Gasteiger partial charge in [-0.2, -0.15) is 10.4 Å². The highest BCUT2D eigenvalue weighted by Crippen LogP contribution is 2.11. The Hall–Kier alpha value is -2.39. The van der Waals surface area contributed by atoms with E-state index in [-0.39, 0.29) is 6.17 Å². The first-order chi connectivity index (χ1) is 11.0. The third-order valence-electron chi connectivity index (χ3n) is 3.25. The SMILES string of the molecule is C=CCNC(C)N=NN(C)CCC(C)Nc1ccc(C#N)cc1. The quantitative estimate of drug-likeness (QED) is 0.395. The lowest BCUT2D eigenvalue weighted by Crippen LogP contribution is -2.25. The van der Waals surface area contributed by atoms with Crippen LogP contribution in [0.4, 0.5) is 5.69 Å². The summed E-state index contributed by atoms with van der Waals surface area (Å²) < 4.78 is 0. The van der Waals surface area contributed by atoms with E-state index in [9.17, 15) is 0 Å². The summed E-state index contributed by atoms with van der Waals surface area (Å²) in [6, 6.07) is 9.89. The Morgan fingerprint density at radius 3 is 2.65 bits per heavy atom. The second-order valence-corrected chi connectivity index (χ2v) is 5.48. The molecule has 0 aliphatic carbocycles. The molecule has 0 saturated carbocycles. The van der Waals surface area contributed by atoms with E-state index in [1.807, 2.05) is 43.2 Å². The van der Waals surface area contributed by atoms with Crippen LogP contribution in [0.5, 0.6) is 0 Å². The zero-order valence-electron chi connectivity index (χ0n) is 14.2. The number of nitriles is 1. The molecule has 124 valence electrons. The third-order valence-corrected chi connectivity index (χ3v) is 3.25. The lowest BCUT2D eigenvalue weighted by Gasteiger charge is -2.18. The van der Waals surface area contributed by atoms with E-state index in [4.69, 9.17) is 5.26 Å². The summed E-state index contributed by atoms with van der Waals surface area (Å²) in [7, 11) is 1.91. The lowest BCUT2D eigenvalue weighted by molar-refractivity contribution is 0.305. The number of nitrogens with one attached hydrogen (secondary N) is 2. The molecule has 0 radical (unpaired) electrons. The maximum Gasteiger partial charge on any atom is 0.120 e. The average molecular weight is 314 g/mol. The Bertz CT molecular complexity index is 531. The van der Waals surface area contributed by atoms with E-state index in [2.05, 4.69) is 40.5 Å². The van der Waals surface area contributed by atoms with Crippen molar-refractivity contribution >= 4 is 5.69 Å². The molecule has 0 fully saturated rings. The van der Waals surface area contributed by atoms with Crippen LogP contribution in [-0.4, -0.2) is 37.4 Å². The van der Waals surface area contributed by atoms with Crippen LogP contribution in [0.3, 0.4) is 0 Å². The van der Waals surface area contributed by atoms with Gasteiger partial charge in [-0.05, 0) is 44.5 Å². The van der Waals surface area contributed by atoms with Crippen LogP contribution < -0.4 is 10.6 Å². The highest BCUT2D eigenvalue weighted by Gasteiger charge is 2.04. The van der Waals surface area contributed by atoms with E-state index < -0.39 is 0 Å². The van der Waals surface area contributed by atoms with Gasteiger partial charge in [-0.1, -0.05) is 11.3 Å². The molecule has 2 N–H and O–H groups in total. The minimum Gasteiger partial charge on any atom is -0.383 e. The third kappa shape index (κ3) is 7.98. The van der Waals surface area contributed by atoms with Gasteiger partial charge in [-0.3, -0.25) is 10.3 Å².